The smallest absolute Gasteiger partial charge is 0.496 e. The number of hydrogen-bond donors (Lipinski definition) is 1. The Morgan fingerprint density at radius 1 is 1.17 bits per heavy atom. The van der Waals surface area contributed by atoms with Gasteiger partial charge in [0.05, 0.1) is 11.2 Å². The van der Waals surface area contributed by atoms with Gasteiger partial charge < -0.3 is 14.4 Å². The molecule has 1 aromatic carbocycles. The SMILES string of the molecule is C#Cc1ccc(O)cc1B1OC(C)(C)C(C)(C)O1. The topological polar surface area (TPSA) is 38.7 Å². The van der Waals surface area contributed by atoms with E-state index in [1.807, 2.05) is 27.7 Å². The minimum Gasteiger partial charge on any atom is -0.508 e. The third-order valence-corrected chi connectivity index (χ3v) is 3.70. The first kappa shape index (κ1) is 13.0. The predicted molar refractivity (Wildman–Crippen MR) is 71.8 cm³/mol. The summed E-state index contributed by atoms with van der Waals surface area (Å²) in [7, 11) is -0.548. The van der Waals surface area contributed by atoms with Gasteiger partial charge in [-0.05, 0) is 45.9 Å². The van der Waals surface area contributed by atoms with Crippen LogP contribution in [0.5, 0.6) is 5.75 Å². The van der Waals surface area contributed by atoms with Gasteiger partial charge in [0.25, 0.3) is 0 Å². The van der Waals surface area contributed by atoms with E-state index in [-0.39, 0.29) is 5.75 Å². The Hall–Kier alpha value is -1.44. The molecule has 2 rings (SSSR count). The van der Waals surface area contributed by atoms with Gasteiger partial charge in [-0.2, -0.15) is 0 Å². The molecular weight excluding hydrogens is 227 g/mol. The Bertz CT molecular complexity index is 498. The number of phenolic OH excluding ortho intramolecular Hbond substituents is 1. The van der Waals surface area contributed by atoms with Gasteiger partial charge in [-0.3, -0.25) is 0 Å². The predicted octanol–water partition coefficient (Wildman–Crippen LogP) is 1.67. The van der Waals surface area contributed by atoms with Crippen LogP contribution in [0.3, 0.4) is 0 Å². The Balaban J connectivity index is 2.41. The van der Waals surface area contributed by atoms with Crippen LogP contribution in [-0.2, 0) is 9.31 Å². The van der Waals surface area contributed by atoms with E-state index in [4.69, 9.17) is 15.7 Å². The molecule has 1 N–H and O–H groups in total. The van der Waals surface area contributed by atoms with E-state index >= 15 is 0 Å². The van der Waals surface area contributed by atoms with E-state index in [2.05, 4.69) is 5.92 Å². The maximum absolute atomic E-state index is 9.57. The van der Waals surface area contributed by atoms with Crippen molar-refractivity contribution in [3.8, 4) is 18.1 Å². The lowest BCUT2D eigenvalue weighted by Crippen LogP contribution is -2.41. The second-order valence-corrected chi connectivity index (χ2v) is 5.50. The van der Waals surface area contributed by atoms with E-state index in [1.165, 1.54) is 0 Å². The molecule has 1 aliphatic heterocycles. The maximum Gasteiger partial charge on any atom is 0.496 e. The minimum atomic E-state index is -0.548. The van der Waals surface area contributed by atoms with E-state index < -0.39 is 18.3 Å². The highest BCUT2D eigenvalue weighted by Gasteiger charge is 2.52. The quantitative estimate of drug-likeness (QED) is 0.603. The maximum atomic E-state index is 9.57. The highest BCUT2D eigenvalue weighted by atomic mass is 16.7. The van der Waals surface area contributed by atoms with Crippen LogP contribution in [0.25, 0.3) is 0 Å². The largest absolute Gasteiger partial charge is 0.508 e. The molecule has 0 amide bonds. The zero-order chi connectivity index (χ0) is 13.6. The van der Waals surface area contributed by atoms with Crippen molar-refractivity contribution >= 4 is 12.6 Å². The van der Waals surface area contributed by atoms with Crippen molar-refractivity contribution in [2.45, 2.75) is 38.9 Å². The van der Waals surface area contributed by atoms with Crippen molar-refractivity contribution in [1.82, 2.24) is 0 Å². The first-order valence-electron chi connectivity index (χ1n) is 5.92. The van der Waals surface area contributed by atoms with Gasteiger partial charge in [-0.1, -0.05) is 5.92 Å². The van der Waals surface area contributed by atoms with Crippen molar-refractivity contribution in [3.05, 3.63) is 23.8 Å². The summed E-state index contributed by atoms with van der Waals surface area (Å²) in [5.74, 6) is 2.73. The van der Waals surface area contributed by atoms with Gasteiger partial charge in [0.2, 0.25) is 0 Å². The third-order valence-electron chi connectivity index (χ3n) is 3.70. The highest BCUT2D eigenvalue weighted by Crippen LogP contribution is 2.36. The van der Waals surface area contributed by atoms with Gasteiger partial charge in [0, 0.05) is 11.0 Å². The highest BCUT2D eigenvalue weighted by molar-refractivity contribution is 6.63. The van der Waals surface area contributed by atoms with Crippen LogP contribution in [0.2, 0.25) is 0 Å². The van der Waals surface area contributed by atoms with Gasteiger partial charge in [0.1, 0.15) is 5.75 Å². The van der Waals surface area contributed by atoms with Gasteiger partial charge in [-0.25, -0.2) is 0 Å². The van der Waals surface area contributed by atoms with Crippen LogP contribution in [0, 0.1) is 12.3 Å². The molecule has 0 radical (unpaired) electrons. The summed E-state index contributed by atoms with van der Waals surface area (Å²) in [6.45, 7) is 7.91. The second kappa shape index (κ2) is 4.05. The van der Waals surface area contributed by atoms with Crippen LogP contribution in [0.1, 0.15) is 33.3 Å². The summed E-state index contributed by atoms with van der Waals surface area (Å²) in [6, 6.07) is 4.84. The molecule has 1 aromatic rings. The Morgan fingerprint density at radius 2 is 1.72 bits per heavy atom. The monoisotopic (exact) mass is 244 g/mol. The number of terminal acetylenes is 1. The van der Waals surface area contributed by atoms with Crippen LogP contribution in [0.15, 0.2) is 18.2 Å². The average Bonchev–Trinajstić information content (AvgIpc) is 2.48. The molecule has 0 bridgehead atoms. The summed E-state index contributed by atoms with van der Waals surface area (Å²) in [4.78, 5) is 0. The molecule has 0 atom stereocenters. The van der Waals surface area contributed by atoms with Crippen LogP contribution in [-0.4, -0.2) is 23.4 Å². The van der Waals surface area contributed by atoms with Crippen molar-refractivity contribution in [1.29, 1.82) is 0 Å². The Labute approximate surface area is 108 Å². The fourth-order valence-electron chi connectivity index (χ4n) is 1.85. The molecule has 4 heteroatoms. The molecule has 1 aliphatic rings. The first-order chi connectivity index (χ1) is 8.27. The van der Waals surface area contributed by atoms with Crippen molar-refractivity contribution < 1.29 is 14.4 Å². The van der Waals surface area contributed by atoms with Crippen LogP contribution < -0.4 is 5.46 Å². The fraction of sp³-hybridized carbons (Fsp3) is 0.429. The molecule has 1 heterocycles. The second-order valence-electron chi connectivity index (χ2n) is 5.50. The standard InChI is InChI=1S/C14H17BO3/c1-6-10-7-8-11(16)9-12(10)15-17-13(2,3)14(4,5)18-15/h1,7-9,16H,2-5H3. The van der Waals surface area contributed by atoms with Crippen LogP contribution >= 0.6 is 0 Å². The van der Waals surface area contributed by atoms with Crippen LogP contribution in [0.4, 0.5) is 0 Å². The molecule has 0 aliphatic carbocycles. The van der Waals surface area contributed by atoms with Crippen molar-refractivity contribution in [2.24, 2.45) is 0 Å². The number of benzene rings is 1. The first-order valence-corrected chi connectivity index (χ1v) is 5.92. The van der Waals surface area contributed by atoms with Gasteiger partial charge in [0.15, 0.2) is 0 Å². The van der Waals surface area contributed by atoms with E-state index in [9.17, 15) is 5.11 Å². The molecule has 0 spiro atoms. The molecule has 0 saturated carbocycles. The lowest BCUT2D eigenvalue weighted by molar-refractivity contribution is 0.00578. The molecule has 1 saturated heterocycles. The molecule has 94 valence electrons. The third kappa shape index (κ3) is 2.00. The summed E-state index contributed by atoms with van der Waals surface area (Å²) in [5.41, 5.74) is 0.520. The summed E-state index contributed by atoms with van der Waals surface area (Å²) in [6.07, 6.45) is 5.46. The molecule has 0 aromatic heterocycles. The Morgan fingerprint density at radius 3 is 2.22 bits per heavy atom. The summed E-state index contributed by atoms with van der Waals surface area (Å²) in [5, 5.41) is 9.57. The number of hydrogen-bond acceptors (Lipinski definition) is 3. The molecule has 0 unspecified atom stereocenters. The average molecular weight is 244 g/mol. The minimum absolute atomic E-state index is 0.152. The fourth-order valence-corrected chi connectivity index (χ4v) is 1.85. The normalized spacial score (nSPS) is 20.7. The number of aromatic hydroxyl groups is 1. The van der Waals surface area contributed by atoms with E-state index in [1.54, 1.807) is 18.2 Å². The number of rotatable bonds is 1. The molecule has 3 nitrogen and oxygen atoms in total. The van der Waals surface area contributed by atoms with E-state index in [0.29, 0.717) is 11.0 Å². The molecular formula is C14H17BO3. The number of phenols is 1. The van der Waals surface area contributed by atoms with Crippen molar-refractivity contribution in [2.75, 3.05) is 0 Å². The van der Waals surface area contributed by atoms with Gasteiger partial charge in [-0.15, -0.1) is 6.42 Å². The summed E-state index contributed by atoms with van der Waals surface area (Å²) < 4.78 is 11.8. The lowest BCUT2D eigenvalue weighted by Gasteiger charge is -2.32. The van der Waals surface area contributed by atoms with Crippen molar-refractivity contribution in [3.63, 3.8) is 0 Å². The van der Waals surface area contributed by atoms with E-state index in [0.717, 1.165) is 0 Å². The molecule has 1 fully saturated rings. The van der Waals surface area contributed by atoms with Gasteiger partial charge >= 0.3 is 7.12 Å². The lowest BCUT2D eigenvalue weighted by atomic mass is 9.76. The molecule has 18 heavy (non-hydrogen) atoms. The zero-order valence-electron chi connectivity index (χ0n) is 11.2. The summed E-state index contributed by atoms with van der Waals surface area (Å²) >= 11 is 0. The zero-order valence-corrected chi connectivity index (χ0v) is 11.2. The Kier molecular flexibility index (Phi) is 2.92.